The molecule has 0 fully saturated rings. The second-order valence-electron chi connectivity index (χ2n) is 4.25. The van der Waals surface area contributed by atoms with Crippen LogP contribution in [0.1, 0.15) is 23.7 Å². The maximum absolute atomic E-state index is 11.5. The van der Waals surface area contributed by atoms with E-state index in [1.165, 1.54) is 0 Å². The Hall–Kier alpha value is -1.55. The molecule has 0 N–H and O–H groups in total. The van der Waals surface area contributed by atoms with Crippen molar-refractivity contribution >= 4 is 5.97 Å². The lowest BCUT2D eigenvalue weighted by Crippen LogP contribution is -2.15. The van der Waals surface area contributed by atoms with E-state index in [-0.39, 0.29) is 5.97 Å². The minimum atomic E-state index is -0.309. The van der Waals surface area contributed by atoms with Crippen molar-refractivity contribution in [1.29, 1.82) is 0 Å². The SMILES string of the molecule is CCOC(=O)c1cccc(OCCCN(C)C)c1. The third-order valence-electron chi connectivity index (χ3n) is 2.36. The molecular weight excluding hydrogens is 230 g/mol. The van der Waals surface area contributed by atoms with Crippen molar-refractivity contribution in [2.75, 3.05) is 33.9 Å². The van der Waals surface area contributed by atoms with Gasteiger partial charge >= 0.3 is 5.97 Å². The Morgan fingerprint density at radius 3 is 2.78 bits per heavy atom. The summed E-state index contributed by atoms with van der Waals surface area (Å²) in [4.78, 5) is 13.6. The first-order chi connectivity index (χ1) is 8.63. The molecule has 0 spiro atoms. The van der Waals surface area contributed by atoms with E-state index in [4.69, 9.17) is 9.47 Å². The maximum Gasteiger partial charge on any atom is 0.338 e. The zero-order chi connectivity index (χ0) is 13.4. The highest BCUT2D eigenvalue weighted by Gasteiger charge is 2.06. The van der Waals surface area contributed by atoms with E-state index in [1.54, 1.807) is 25.1 Å². The smallest absolute Gasteiger partial charge is 0.338 e. The summed E-state index contributed by atoms with van der Waals surface area (Å²) in [5.41, 5.74) is 0.530. The van der Waals surface area contributed by atoms with Crippen molar-refractivity contribution in [3.63, 3.8) is 0 Å². The molecule has 0 aliphatic heterocycles. The van der Waals surface area contributed by atoms with Gasteiger partial charge in [-0.25, -0.2) is 4.79 Å². The van der Waals surface area contributed by atoms with Gasteiger partial charge in [0.15, 0.2) is 0 Å². The molecule has 0 amide bonds. The van der Waals surface area contributed by atoms with Crippen LogP contribution in [0.2, 0.25) is 0 Å². The van der Waals surface area contributed by atoms with Crippen LogP contribution in [0.15, 0.2) is 24.3 Å². The Morgan fingerprint density at radius 2 is 2.11 bits per heavy atom. The van der Waals surface area contributed by atoms with Crippen molar-refractivity contribution in [1.82, 2.24) is 4.90 Å². The van der Waals surface area contributed by atoms with Gasteiger partial charge in [-0.15, -0.1) is 0 Å². The largest absolute Gasteiger partial charge is 0.494 e. The molecule has 0 aromatic heterocycles. The normalized spacial score (nSPS) is 10.4. The molecule has 1 aromatic rings. The minimum absolute atomic E-state index is 0.309. The van der Waals surface area contributed by atoms with Crippen LogP contribution in [0, 0.1) is 0 Å². The second-order valence-corrected chi connectivity index (χ2v) is 4.25. The maximum atomic E-state index is 11.5. The number of rotatable bonds is 7. The Balaban J connectivity index is 2.46. The first kappa shape index (κ1) is 14.5. The first-order valence-electron chi connectivity index (χ1n) is 6.18. The summed E-state index contributed by atoms with van der Waals surface area (Å²) >= 11 is 0. The molecule has 100 valence electrons. The summed E-state index contributed by atoms with van der Waals surface area (Å²) in [5.74, 6) is 0.399. The molecule has 0 bridgehead atoms. The van der Waals surface area contributed by atoms with E-state index in [9.17, 15) is 4.79 Å². The second kappa shape index (κ2) is 7.71. The van der Waals surface area contributed by atoms with Gasteiger partial charge in [-0.2, -0.15) is 0 Å². The van der Waals surface area contributed by atoms with E-state index in [0.29, 0.717) is 24.5 Å². The number of esters is 1. The van der Waals surface area contributed by atoms with Crippen LogP contribution in [-0.2, 0) is 4.74 Å². The monoisotopic (exact) mass is 251 g/mol. The van der Waals surface area contributed by atoms with Crippen molar-refractivity contribution in [3.05, 3.63) is 29.8 Å². The highest BCUT2D eigenvalue weighted by molar-refractivity contribution is 5.89. The van der Waals surface area contributed by atoms with Crippen molar-refractivity contribution in [3.8, 4) is 5.75 Å². The standard InChI is InChI=1S/C14H21NO3/c1-4-17-14(16)12-7-5-8-13(11-12)18-10-6-9-15(2)3/h5,7-8,11H,4,6,9-10H2,1-3H3. The average molecular weight is 251 g/mol. The lowest BCUT2D eigenvalue weighted by atomic mass is 10.2. The zero-order valence-corrected chi connectivity index (χ0v) is 11.3. The van der Waals surface area contributed by atoms with Gasteiger partial charge in [-0.05, 0) is 45.6 Å². The van der Waals surface area contributed by atoms with E-state index in [2.05, 4.69) is 4.90 Å². The fourth-order valence-electron chi connectivity index (χ4n) is 1.50. The van der Waals surface area contributed by atoms with Crippen molar-refractivity contribution < 1.29 is 14.3 Å². The van der Waals surface area contributed by atoms with Gasteiger partial charge in [-0.3, -0.25) is 0 Å². The number of carbonyl (C=O) groups is 1. The summed E-state index contributed by atoms with van der Waals surface area (Å²) in [7, 11) is 4.06. The fraction of sp³-hybridized carbons (Fsp3) is 0.500. The summed E-state index contributed by atoms with van der Waals surface area (Å²) in [6.07, 6.45) is 0.955. The summed E-state index contributed by atoms with van der Waals surface area (Å²) in [5, 5.41) is 0. The number of carbonyl (C=O) groups excluding carboxylic acids is 1. The molecule has 0 atom stereocenters. The molecule has 0 saturated carbocycles. The van der Waals surface area contributed by atoms with E-state index < -0.39 is 0 Å². The number of nitrogens with zero attached hydrogens (tertiary/aromatic N) is 1. The van der Waals surface area contributed by atoms with Crippen LogP contribution >= 0.6 is 0 Å². The van der Waals surface area contributed by atoms with Crippen LogP contribution < -0.4 is 4.74 Å². The van der Waals surface area contributed by atoms with Gasteiger partial charge in [0.2, 0.25) is 0 Å². The van der Waals surface area contributed by atoms with E-state index in [1.807, 2.05) is 20.2 Å². The van der Waals surface area contributed by atoms with Gasteiger partial charge in [0.1, 0.15) is 5.75 Å². The quantitative estimate of drug-likeness (QED) is 0.550. The Kier molecular flexibility index (Phi) is 6.22. The lowest BCUT2D eigenvalue weighted by Gasteiger charge is -2.10. The number of ether oxygens (including phenoxy) is 2. The predicted molar refractivity (Wildman–Crippen MR) is 71.1 cm³/mol. The van der Waals surface area contributed by atoms with Crippen molar-refractivity contribution in [2.45, 2.75) is 13.3 Å². The lowest BCUT2D eigenvalue weighted by molar-refractivity contribution is 0.0526. The highest BCUT2D eigenvalue weighted by Crippen LogP contribution is 2.14. The number of hydrogen-bond donors (Lipinski definition) is 0. The zero-order valence-electron chi connectivity index (χ0n) is 11.3. The molecule has 1 rings (SSSR count). The highest BCUT2D eigenvalue weighted by atomic mass is 16.5. The molecule has 0 unspecified atom stereocenters. The van der Waals surface area contributed by atoms with Crippen LogP contribution in [-0.4, -0.2) is 44.7 Å². The van der Waals surface area contributed by atoms with Crippen LogP contribution in [0.5, 0.6) is 5.75 Å². The Labute approximate surface area is 108 Å². The minimum Gasteiger partial charge on any atom is -0.494 e. The van der Waals surface area contributed by atoms with Crippen LogP contribution in [0.25, 0.3) is 0 Å². The molecule has 0 aliphatic rings. The third kappa shape index (κ3) is 5.19. The molecule has 4 nitrogen and oxygen atoms in total. The van der Waals surface area contributed by atoms with Gasteiger partial charge in [0, 0.05) is 6.54 Å². The summed E-state index contributed by atoms with van der Waals surface area (Å²) in [6.45, 7) is 3.80. The van der Waals surface area contributed by atoms with Crippen LogP contribution in [0.3, 0.4) is 0 Å². The molecular formula is C14H21NO3. The molecule has 0 aliphatic carbocycles. The van der Waals surface area contributed by atoms with E-state index >= 15 is 0 Å². The molecule has 0 saturated heterocycles. The van der Waals surface area contributed by atoms with Gasteiger partial charge in [0.25, 0.3) is 0 Å². The fourth-order valence-corrected chi connectivity index (χ4v) is 1.50. The molecule has 0 radical (unpaired) electrons. The molecule has 18 heavy (non-hydrogen) atoms. The average Bonchev–Trinajstić information content (AvgIpc) is 2.35. The predicted octanol–water partition coefficient (Wildman–Crippen LogP) is 2.19. The van der Waals surface area contributed by atoms with Crippen LogP contribution in [0.4, 0.5) is 0 Å². The topological polar surface area (TPSA) is 38.8 Å². The van der Waals surface area contributed by atoms with E-state index in [0.717, 1.165) is 13.0 Å². The number of hydrogen-bond acceptors (Lipinski definition) is 4. The van der Waals surface area contributed by atoms with Gasteiger partial charge in [-0.1, -0.05) is 6.07 Å². The Bertz CT molecular complexity index is 377. The van der Waals surface area contributed by atoms with Gasteiger partial charge in [0.05, 0.1) is 18.8 Å². The van der Waals surface area contributed by atoms with Crippen molar-refractivity contribution in [2.24, 2.45) is 0 Å². The molecule has 0 heterocycles. The third-order valence-corrected chi connectivity index (χ3v) is 2.36. The number of benzene rings is 1. The summed E-state index contributed by atoms with van der Waals surface area (Å²) in [6, 6.07) is 7.09. The molecule has 1 aromatic carbocycles. The Morgan fingerprint density at radius 1 is 1.33 bits per heavy atom. The summed E-state index contributed by atoms with van der Waals surface area (Å²) < 4.78 is 10.5. The van der Waals surface area contributed by atoms with Gasteiger partial charge < -0.3 is 14.4 Å². The molecule has 4 heteroatoms. The first-order valence-corrected chi connectivity index (χ1v) is 6.18.